The van der Waals surface area contributed by atoms with E-state index in [-0.39, 0.29) is 29.2 Å². The molecular formula is C27H40F2N4O2. The third-order valence-electron chi connectivity index (χ3n) is 8.29. The van der Waals surface area contributed by atoms with Crippen LogP contribution in [0.3, 0.4) is 0 Å². The lowest BCUT2D eigenvalue weighted by Crippen LogP contribution is -2.57. The number of carbonyl (C=O) groups is 2. The fourth-order valence-corrected chi connectivity index (χ4v) is 6.01. The molecule has 2 aliphatic heterocycles. The summed E-state index contributed by atoms with van der Waals surface area (Å²) in [7, 11) is 0. The second-order valence-electron chi connectivity index (χ2n) is 11.5. The topological polar surface area (TPSA) is 69.9 Å². The molecular weight excluding hydrogens is 450 g/mol. The summed E-state index contributed by atoms with van der Waals surface area (Å²) >= 11 is 0. The maximum Gasteiger partial charge on any atom is 0.239 e. The van der Waals surface area contributed by atoms with Crippen LogP contribution in [0.5, 0.6) is 0 Å². The molecule has 0 radical (unpaired) electrons. The van der Waals surface area contributed by atoms with E-state index in [4.69, 9.17) is 5.73 Å². The molecule has 6 nitrogen and oxygen atoms in total. The molecule has 35 heavy (non-hydrogen) atoms. The van der Waals surface area contributed by atoms with Gasteiger partial charge in [0.05, 0.1) is 12.0 Å². The van der Waals surface area contributed by atoms with Crippen molar-refractivity contribution in [2.75, 3.05) is 39.3 Å². The number of hydrogen-bond donors (Lipinski definition) is 1. The molecule has 2 N–H and O–H groups in total. The van der Waals surface area contributed by atoms with Crippen LogP contribution in [0.1, 0.15) is 64.4 Å². The number of carbonyl (C=O) groups excluding carboxylic acids is 2. The number of benzene rings is 1. The summed E-state index contributed by atoms with van der Waals surface area (Å²) in [5.74, 6) is -1.75. The first-order valence-corrected chi connectivity index (χ1v) is 13.1. The highest BCUT2D eigenvalue weighted by atomic mass is 19.1. The van der Waals surface area contributed by atoms with Crippen LogP contribution in [0.25, 0.3) is 0 Å². The number of halogens is 2. The Morgan fingerprint density at radius 3 is 2.20 bits per heavy atom. The van der Waals surface area contributed by atoms with Gasteiger partial charge >= 0.3 is 0 Å². The van der Waals surface area contributed by atoms with Crippen LogP contribution in [-0.2, 0) is 9.59 Å². The Bertz CT molecular complexity index is 920. The summed E-state index contributed by atoms with van der Waals surface area (Å²) in [5, 5.41) is 0. The first-order chi connectivity index (χ1) is 16.6. The minimum absolute atomic E-state index is 0.00460. The number of piperazine rings is 1. The molecule has 3 atom stereocenters. The number of likely N-dealkylation sites (tertiary alicyclic amines) is 1. The van der Waals surface area contributed by atoms with Crippen molar-refractivity contribution >= 4 is 11.8 Å². The molecule has 0 unspecified atom stereocenters. The molecule has 3 fully saturated rings. The van der Waals surface area contributed by atoms with Crippen molar-refractivity contribution in [3.05, 3.63) is 35.4 Å². The molecule has 3 aliphatic rings. The lowest BCUT2D eigenvalue weighted by molar-refractivity contribution is -0.143. The quantitative estimate of drug-likeness (QED) is 0.703. The van der Waals surface area contributed by atoms with Crippen LogP contribution in [0.2, 0.25) is 0 Å². The van der Waals surface area contributed by atoms with Crippen LogP contribution in [0, 0.1) is 23.5 Å². The SMILES string of the molecule is CC(C)(C)N1C[C@@H](C(=O)N2CCN(C(=O)[C@@H](N)C3CCCCC3)CC2)[C@H](c2ccc(F)cc2F)C1. The van der Waals surface area contributed by atoms with E-state index in [0.717, 1.165) is 31.7 Å². The van der Waals surface area contributed by atoms with Crippen molar-refractivity contribution in [1.82, 2.24) is 14.7 Å². The first kappa shape index (κ1) is 26.0. The van der Waals surface area contributed by atoms with E-state index in [2.05, 4.69) is 25.7 Å². The van der Waals surface area contributed by atoms with E-state index in [1.807, 2.05) is 0 Å². The van der Waals surface area contributed by atoms with Gasteiger partial charge in [-0.1, -0.05) is 25.3 Å². The largest absolute Gasteiger partial charge is 0.339 e. The molecule has 1 saturated carbocycles. The molecule has 2 saturated heterocycles. The highest BCUT2D eigenvalue weighted by Gasteiger charge is 2.45. The van der Waals surface area contributed by atoms with Crippen molar-refractivity contribution in [2.24, 2.45) is 17.6 Å². The van der Waals surface area contributed by atoms with Crippen LogP contribution in [-0.4, -0.2) is 77.4 Å². The normalized spacial score (nSPS) is 25.7. The second kappa shape index (κ2) is 10.5. The van der Waals surface area contributed by atoms with Gasteiger partial charge in [0.2, 0.25) is 11.8 Å². The smallest absolute Gasteiger partial charge is 0.239 e. The molecule has 0 spiro atoms. The number of nitrogens with zero attached hydrogens (tertiary/aromatic N) is 3. The van der Waals surface area contributed by atoms with E-state index in [9.17, 15) is 18.4 Å². The molecule has 8 heteroatoms. The van der Waals surface area contributed by atoms with Gasteiger partial charge in [0.1, 0.15) is 11.6 Å². The molecule has 4 rings (SSSR count). The summed E-state index contributed by atoms with van der Waals surface area (Å²) in [4.78, 5) is 32.5. The Hall–Kier alpha value is -2.06. The zero-order chi connectivity index (χ0) is 25.3. The Labute approximate surface area is 207 Å². The Balaban J connectivity index is 1.43. The highest BCUT2D eigenvalue weighted by Crippen LogP contribution is 2.38. The monoisotopic (exact) mass is 490 g/mol. The minimum atomic E-state index is -0.618. The molecule has 2 amide bonds. The van der Waals surface area contributed by atoms with Gasteiger partial charge in [-0.05, 0) is 51.2 Å². The van der Waals surface area contributed by atoms with Gasteiger partial charge in [-0.25, -0.2) is 8.78 Å². The lowest BCUT2D eigenvalue weighted by atomic mass is 9.83. The van der Waals surface area contributed by atoms with Crippen molar-refractivity contribution in [1.29, 1.82) is 0 Å². The van der Waals surface area contributed by atoms with Crippen molar-refractivity contribution in [3.63, 3.8) is 0 Å². The molecule has 194 valence electrons. The minimum Gasteiger partial charge on any atom is -0.339 e. The van der Waals surface area contributed by atoms with Crippen LogP contribution < -0.4 is 5.73 Å². The average Bonchev–Trinajstić information content (AvgIpc) is 3.29. The molecule has 1 aliphatic carbocycles. The predicted molar refractivity (Wildman–Crippen MR) is 132 cm³/mol. The van der Waals surface area contributed by atoms with Crippen LogP contribution in [0.4, 0.5) is 8.78 Å². The van der Waals surface area contributed by atoms with E-state index in [1.54, 1.807) is 9.80 Å². The van der Waals surface area contributed by atoms with E-state index < -0.39 is 23.6 Å². The summed E-state index contributed by atoms with van der Waals surface area (Å²) in [6, 6.07) is 3.18. The van der Waals surface area contributed by atoms with Gasteiger partial charge in [0, 0.05) is 56.8 Å². The van der Waals surface area contributed by atoms with Crippen molar-refractivity contribution < 1.29 is 18.4 Å². The Morgan fingerprint density at radius 2 is 1.60 bits per heavy atom. The zero-order valence-corrected chi connectivity index (χ0v) is 21.3. The fourth-order valence-electron chi connectivity index (χ4n) is 6.01. The summed E-state index contributed by atoms with van der Waals surface area (Å²) < 4.78 is 28.3. The molecule has 1 aromatic rings. The average molecular weight is 491 g/mol. The molecule has 1 aromatic carbocycles. The summed E-state index contributed by atoms with van der Waals surface area (Å²) in [6.07, 6.45) is 5.51. The van der Waals surface area contributed by atoms with Gasteiger partial charge in [0.25, 0.3) is 0 Å². The number of nitrogens with two attached hydrogens (primary N) is 1. The van der Waals surface area contributed by atoms with Gasteiger partial charge in [-0.3, -0.25) is 14.5 Å². The number of amides is 2. The summed E-state index contributed by atoms with van der Waals surface area (Å²) in [6.45, 7) is 9.14. The zero-order valence-electron chi connectivity index (χ0n) is 21.3. The second-order valence-corrected chi connectivity index (χ2v) is 11.5. The van der Waals surface area contributed by atoms with E-state index >= 15 is 0 Å². The van der Waals surface area contributed by atoms with Crippen LogP contribution >= 0.6 is 0 Å². The van der Waals surface area contributed by atoms with Gasteiger partial charge in [0.15, 0.2) is 0 Å². The van der Waals surface area contributed by atoms with Crippen molar-refractivity contribution in [3.8, 4) is 0 Å². The van der Waals surface area contributed by atoms with Crippen molar-refractivity contribution in [2.45, 2.75) is 70.4 Å². The summed E-state index contributed by atoms with van der Waals surface area (Å²) in [5.41, 5.74) is 6.56. The first-order valence-electron chi connectivity index (χ1n) is 13.1. The lowest BCUT2D eigenvalue weighted by Gasteiger charge is -2.39. The van der Waals surface area contributed by atoms with Gasteiger partial charge < -0.3 is 15.5 Å². The maximum absolute atomic E-state index is 14.7. The van der Waals surface area contributed by atoms with E-state index in [1.165, 1.54) is 18.6 Å². The van der Waals surface area contributed by atoms with Gasteiger partial charge in [-0.15, -0.1) is 0 Å². The van der Waals surface area contributed by atoms with Crippen LogP contribution in [0.15, 0.2) is 18.2 Å². The third-order valence-corrected chi connectivity index (χ3v) is 8.29. The van der Waals surface area contributed by atoms with Gasteiger partial charge in [-0.2, -0.15) is 0 Å². The maximum atomic E-state index is 14.7. The fraction of sp³-hybridized carbons (Fsp3) is 0.704. The predicted octanol–water partition coefficient (Wildman–Crippen LogP) is 3.36. The molecule has 0 aromatic heterocycles. The van der Waals surface area contributed by atoms with E-state index in [0.29, 0.717) is 44.8 Å². The molecule has 2 heterocycles. The third kappa shape index (κ3) is 5.69. The number of hydrogen-bond acceptors (Lipinski definition) is 4. The molecule has 0 bridgehead atoms. The highest BCUT2D eigenvalue weighted by molar-refractivity contribution is 5.83. The standard InChI is InChI=1S/C27H40F2N4O2/c1-27(2,3)33-16-21(20-10-9-19(28)15-23(20)29)22(17-33)25(34)31-11-13-32(14-12-31)26(35)24(30)18-7-5-4-6-8-18/h9-10,15,18,21-22,24H,4-8,11-14,16-17,30H2,1-3H3/t21-,22+,24-/m0/s1. The number of rotatable bonds is 4. The Kier molecular flexibility index (Phi) is 7.81. The Morgan fingerprint density at radius 1 is 0.971 bits per heavy atom.